The van der Waals surface area contributed by atoms with E-state index in [0.717, 1.165) is 49.3 Å². The zero-order chi connectivity index (χ0) is 29.1. The van der Waals surface area contributed by atoms with E-state index in [1.54, 1.807) is 42.6 Å². The normalized spacial score (nSPS) is 20.5. The van der Waals surface area contributed by atoms with Crippen LogP contribution < -0.4 is 9.47 Å². The van der Waals surface area contributed by atoms with Crippen LogP contribution in [0.3, 0.4) is 0 Å². The highest BCUT2D eigenvalue weighted by Gasteiger charge is 2.29. The van der Waals surface area contributed by atoms with Gasteiger partial charge in [0.25, 0.3) is 0 Å². The van der Waals surface area contributed by atoms with E-state index in [4.69, 9.17) is 24.5 Å². The van der Waals surface area contributed by atoms with E-state index in [1.165, 1.54) is 6.20 Å². The quantitative estimate of drug-likeness (QED) is 0.299. The standard InChI is InChI=1S/C30H31N7O5/c1-19-12-22(42-29-6-9-32-26(35-29)18-41-28-5-2-20(14-31)15-33-28)7-10-36(19)17-27-34-24-4-3-21(30(38)39)13-25(24)37(27)16-23-8-11-40-23/h2-6,9,13,15,19,22-23H,7-8,10-12,16-18H2,1H3,(H,38,39)/t19-,22-,23?/m0/s1. The highest BCUT2D eigenvalue weighted by molar-refractivity contribution is 5.92. The number of carbonyl (C=O) groups is 1. The van der Waals surface area contributed by atoms with Gasteiger partial charge in [-0.15, -0.1) is 0 Å². The summed E-state index contributed by atoms with van der Waals surface area (Å²) in [7, 11) is 0. The molecule has 2 aliphatic rings. The zero-order valence-electron chi connectivity index (χ0n) is 23.2. The Morgan fingerprint density at radius 1 is 1.17 bits per heavy atom. The lowest BCUT2D eigenvalue weighted by Gasteiger charge is -2.37. The van der Waals surface area contributed by atoms with E-state index >= 15 is 0 Å². The summed E-state index contributed by atoms with van der Waals surface area (Å²) in [5.74, 6) is 1.32. The Morgan fingerprint density at radius 3 is 2.76 bits per heavy atom. The van der Waals surface area contributed by atoms with Crippen molar-refractivity contribution < 1.29 is 24.1 Å². The molecule has 216 valence electrons. The fraction of sp³-hybridized carbons (Fsp3) is 0.400. The van der Waals surface area contributed by atoms with E-state index in [9.17, 15) is 9.90 Å². The van der Waals surface area contributed by atoms with E-state index in [0.29, 0.717) is 36.2 Å². The molecule has 0 amide bonds. The lowest BCUT2D eigenvalue weighted by atomic mass is 10.0. The highest BCUT2D eigenvalue weighted by atomic mass is 16.5. The molecule has 3 atom stereocenters. The van der Waals surface area contributed by atoms with Crippen molar-refractivity contribution in [3.05, 3.63) is 71.6 Å². The zero-order valence-corrected chi connectivity index (χ0v) is 23.2. The minimum Gasteiger partial charge on any atom is -0.478 e. The second-order valence-electron chi connectivity index (χ2n) is 10.6. The summed E-state index contributed by atoms with van der Waals surface area (Å²) in [4.78, 5) is 31.8. The van der Waals surface area contributed by atoms with Crippen molar-refractivity contribution in [2.45, 2.75) is 64.1 Å². The molecule has 2 aliphatic heterocycles. The molecule has 5 heterocycles. The van der Waals surface area contributed by atoms with Gasteiger partial charge in [-0.05, 0) is 50.5 Å². The lowest BCUT2D eigenvalue weighted by molar-refractivity contribution is -0.0593. The molecule has 12 heteroatoms. The summed E-state index contributed by atoms with van der Waals surface area (Å²) in [6.45, 7) is 5.20. The average molecular weight is 570 g/mol. The van der Waals surface area contributed by atoms with Gasteiger partial charge in [-0.2, -0.15) is 10.2 Å². The molecule has 0 saturated carbocycles. The van der Waals surface area contributed by atoms with Gasteiger partial charge in [0.15, 0.2) is 5.82 Å². The van der Waals surface area contributed by atoms with Crippen LogP contribution in [0, 0.1) is 11.3 Å². The number of rotatable bonds is 10. The average Bonchev–Trinajstić information content (AvgIpc) is 3.31. The van der Waals surface area contributed by atoms with Crippen LogP contribution in [0.5, 0.6) is 11.8 Å². The molecule has 0 aliphatic carbocycles. The summed E-state index contributed by atoms with van der Waals surface area (Å²) in [6.07, 6.45) is 5.86. The number of imidazole rings is 1. The van der Waals surface area contributed by atoms with Crippen molar-refractivity contribution in [3.8, 4) is 17.8 Å². The van der Waals surface area contributed by atoms with Crippen LogP contribution in [-0.4, -0.2) is 71.9 Å². The summed E-state index contributed by atoms with van der Waals surface area (Å²) in [6, 6.07) is 12.4. The first-order chi connectivity index (χ1) is 20.4. The van der Waals surface area contributed by atoms with Crippen molar-refractivity contribution >= 4 is 17.0 Å². The van der Waals surface area contributed by atoms with E-state index in [-0.39, 0.29) is 30.4 Å². The maximum Gasteiger partial charge on any atom is 0.335 e. The van der Waals surface area contributed by atoms with Crippen molar-refractivity contribution in [2.75, 3.05) is 13.2 Å². The molecule has 3 aromatic heterocycles. The Kier molecular flexibility index (Phi) is 7.94. The minimum absolute atomic E-state index is 0.000398. The number of benzene rings is 1. The SMILES string of the molecule is C[C@H]1C[C@@H](Oc2ccnc(COc3ccc(C#N)cn3)n2)CCN1Cc1nc2ccc(C(=O)O)cc2n1CC1CCO1. The molecule has 6 rings (SSSR count). The molecule has 2 saturated heterocycles. The van der Waals surface area contributed by atoms with Gasteiger partial charge in [0.1, 0.15) is 24.6 Å². The van der Waals surface area contributed by atoms with Gasteiger partial charge in [0.2, 0.25) is 11.8 Å². The highest BCUT2D eigenvalue weighted by Crippen LogP contribution is 2.27. The molecule has 12 nitrogen and oxygen atoms in total. The number of nitrogens with zero attached hydrogens (tertiary/aromatic N) is 7. The summed E-state index contributed by atoms with van der Waals surface area (Å²) in [5.41, 5.74) is 2.33. The second kappa shape index (κ2) is 12.1. The largest absolute Gasteiger partial charge is 0.478 e. The summed E-state index contributed by atoms with van der Waals surface area (Å²) in [5, 5.41) is 18.4. The van der Waals surface area contributed by atoms with Crippen LogP contribution in [0.25, 0.3) is 11.0 Å². The third-order valence-electron chi connectivity index (χ3n) is 7.75. The molecule has 2 fully saturated rings. The third kappa shape index (κ3) is 6.17. The smallest absolute Gasteiger partial charge is 0.335 e. The number of aromatic nitrogens is 5. The van der Waals surface area contributed by atoms with Crippen molar-refractivity contribution in [1.29, 1.82) is 5.26 Å². The molecule has 0 bridgehead atoms. The monoisotopic (exact) mass is 569 g/mol. The Bertz CT molecular complexity index is 1610. The van der Waals surface area contributed by atoms with Gasteiger partial charge in [0.05, 0.1) is 41.4 Å². The van der Waals surface area contributed by atoms with E-state index in [1.807, 2.05) is 6.07 Å². The van der Waals surface area contributed by atoms with Crippen LogP contribution in [0.15, 0.2) is 48.8 Å². The predicted molar refractivity (Wildman–Crippen MR) is 150 cm³/mol. The van der Waals surface area contributed by atoms with Crippen LogP contribution in [0.2, 0.25) is 0 Å². The van der Waals surface area contributed by atoms with Crippen LogP contribution in [0.1, 0.15) is 53.8 Å². The number of pyridine rings is 1. The van der Waals surface area contributed by atoms with Gasteiger partial charge in [0, 0.05) is 43.7 Å². The fourth-order valence-electron chi connectivity index (χ4n) is 5.32. The Balaban J connectivity index is 1.08. The first-order valence-corrected chi connectivity index (χ1v) is 14.0. The molecular weight excluding hydrogens is 538 g/mol. The number of hydrogen-bond acceptors (Lipinski definition) is 10. The number of hydrogen-bond donors (Lipinski definition) is 1. The number of piperidine rings is 1. The van der Waals surface area contributed by atoms with Crippen LogP contribution in [0.4, 0.5) is 0 Å². The number of fused-ring (bicyclic) bond motifs is 1. The molecular formula is C30H31N7O5. The molecule has 1 N–H and O–H groups in total. The molecule has 0 spiro atoms. The topological polar surface area (TPSA) is 149 Å². The maximum absolute atomic E-state index is 11.6. The lowest BCUT2D eigenvalue weighted by Crippen LogP contribution is -2.44. The summed E-state index contributed by atoms with van der Waals surface area (Å²) < 4.78 is 19.7. The number of likely N-dealkylation sites (tertiary alicyclic amines) is 1. The van der Waals surface area contributed by atoms with Gasteiger partial charge in [-0.3, -0.25) is 4.90 Å². The first kappa shape index (κ1) is 27.6. The fourth-order valence-corrected chi connectivity index (χ4v) is 5.32. The van der Waals surface area contributed by atoms with Crippen molar-refractivity contribution in [1.82, 2.24) is 29.4 Å². The van der Waals surface area contributed by atoms with Gasteiger partial charge < -0.3 is 23.9 Å². The van der Waals surface area contributed by atoms with Crippen molar-refractivity contribution in [3.63, 3.8) is 0 Å². The molecule has 1 aromatic carbocycles. The predicted octanol–water partition coefficient (Wildman–Crippen LogP) is 3.59. The van der Waals surface area contributed by atoms with Crippen LogP contribution in [-0.2, 0) is 24.4 Å². The molecule has 42 heavy (non-hydrogen) atoms. The number of ether oxygens (including phenoxy) is 3. The minimum atomic E-state index is -0.951. The molecule has 0 radical (unpaired) electrons. The Labute approximate surface area is 242 Å². The van der Waals surface area contributed by atoms with Gasteiger partial charge in [-0.1, -0.05) is 0 Å². The summed E-state index contributed by atoms with van der Waals surface area (Å²) >= 11 is 0. The Morgan fingerprint density at radius 2 is 2.05 bits per heavy atom. The second-order valence-corrected chi connectivity index (χ2v) is 10.6. The number of nitriles is 1. The first-order valence-electron chi connectivity index (χ1n) is 14.0. The third-order valence-corrected chi connectivity index (χ3v) is 7.75. The number of aromatic carboxylic acids is 1. The van der Waals surface area contributed by atoms with Crippen LogP contribution >= 0.6 is 0 Å². The maximum atomic E-state index is 11.6. The van der Waals surface area contributed by atoms with Gasteiger partial charge in [-0.25, -0.2) is 19.7 Å². The van der Waals surface area contributed by atoms with Crippen molar-refractivity contribution in [2.24, 2.45) is 0 Å². The number of carboxylic acid groups (broad SMARTS) is 1. The molecule has 1 unspecified atom stereocenters. The van der Waals surface area contributed by atoms with E-state index < -0.39 is 5.97 Å². The van der Waals surface area contributed by atoms with E-state index in [2.05, 4.69) is 31.3 Å². The number of carboxylic acids is 1. The van der Waals surface area contributed by atoms with Gasteiger partial charge >= 0.3 is 5.97 Å². The Hall–Kier alpha value is -4.60. The molecule has 4 aromatic rings.